The molecule has 2 amide bonds. The molecule has 4 fully saturated rings. The van der Waals surface area contributed by atoms with E-state index in [0.29, 0.717) is 42.3 Å². The molecule has 39 heavy (non-hydrogen) atoms. The highest BCUT2D eigenvalue weighted by molar-refractivity contribution is 6.05. The number of imide groups is 1. The molecule has 0 aromatic heterocycles. The molecular formula is C28H33F4N3O4. The number of nitrogens with two attached hydrogens (primary N) is 1. The lowest BCUT2D eigenvalue weighted by atomic mass is 9.45. The molecule has 1 aromatic rings. The predicted octanol–water partition coefficient (Wildman–Crippen LogP) is 5.07. The first-order chi connectivity index (χ1) is 18.4. The highest BCUT2D eigenvalue weighted by Gasteiger charge is 2.60. The molecule has 212 valence electrons. The number of fused-ring (bicyclic) bond motifs is 5. The summed E-state index contributed by atoms with van der Waals surface area (Å²) in [6, 6.07) is 0. The molecule has 0 saturated heterocycles. The Morgan fingerprint density at radius 1 is 0.974 bits per heavy atom. The Kier molecular flexibility index (Phi) is 6.99. The van der Waals surface area contributed by atoms with Crippen LogP contribution in [-0.4, -0.2) is 29.9 Å². The number of nitrogens with zero attached hydrogens (tertiary/aromatic N) is 1. The van der Waals surface area contributed by atoms with E-state index in [2.05, 4.69) is 19.0 Å². The van der Waals surface area contributed by atoms with E-state index in [9.17, 15) is 31.9 Å². The van der Waals surface area contributed by atoms with Crippen LogP contribution in [0.4, 0.5) is 23.2 Å². The standard InChI is InChI=1S/C28H33F4N3O4/c1-27-9-7-14(11-13(27)3-4-15-16-5-6-18(36)28(16,2)10-8-17(15)27)35-39-12-19(37)34-26(38)20-21(29)23(31)25(33)24(32)22(20)30/h13,15-17H,3-12,33H2,1-2H3,(H,34,37,38)/b35-14+/t13-,15-,16-,17-,27-,28-/m0/s1. The highest BCUT2D eigenvalue weighted by atomic mass is 19.2. The summed E-state index contributed by atoms with van der Waals surface area (Å²) >= 11 is 0. The molecule has 5 rings (SSSR count). The van der Waals surface area contributed by atoms with Crippen molar-refractivity contribution in [3.05, 3.63) is 28.8 Å². The molecule has 1 aromatic carbocycles. The van der Waals surface area contributed by atoms with Gasteiger partial charge in [0.05, 0.1) is 5.71 Å². The summed E-state index contributed by atoms with van der Waals surface area (Å²) in [5, 5.41) is 5.74. The van der Waals surface area contributed by atoms with Crippen LogP contribution in [0.15, 0.2) is 5.16 Å². The number of benzene rings is 1. The summed E-state index contributed by atoms with van der Waals surface area (Å²) in [6.45, 7) is 3.81. The van der Waals surface area contributed by atoms with Gasteiger partial charge in [0.25, 0.3) is 11.8 Å². The monoisotopic (exact) mass is 551 g/mol. The number of Topliss-reactive ketones (excluding diaryl/α,β-unsaturated/α-hetero) is 1. The molecule has 4 aliphatic carbocycles. The number of carbonyl (C=O) groups excluding carboxylic acids is 3. The normalized spacial score (nSPS) is 34.7. The van der Waals surface area contributed by atoms with Crippen molar-refractivity contribution in [1.82, 2.24) is 5.32 Å². The molecule has 0 radical (unpaired) electrons. The molecule has 7 nitrogen and oxygen atoms in total. The maximum Gasteiger partial charge on any atom is 0.267 e. The topological polar surface area (TPSA) is 111 Å². The van der Waals surface area contributed by atoms with Crippen LogP contribution in [0.5, 0.6) is 0 Å². The Labute approximate surface area is 223 Å². The van der Waals surface area contributed by atoms with Gasteiger partial charge in [0.15, 0.2) is 29.9 Å². The van der Waals surface area contributed by atoms with E-state index < -0.39 is 52.9 Å². The van der Waals surface area contributed by atoms with Crippen molar-refractivity contribution in [3.63, 3.8) is 0 Å². The van der Waals surface area contributed by atoms with E-state index in [-0.39, 0.29) is 10.8 Å². The van der Waals surface area contributed by atoms with Crippen molar-refractivity contribution in [2.75, 3.05) is 12.3 Å². The number of amides is 2. The summed E-state index contributed by atoms with van der Waals surface area (Å²) in [6.07, 6.45) is 8.21. The van der Waals surface area contributed by atoms with E-state index in [1.165, 1.54) is 0 Å². The van der Waals surface area contributed by atoms with Gasteiger partial charge in [0, 0.05) is 11.8 Å². The zero-order valence-corrected chi connectivity index (χ0v) is 22.0. The van der Waals surface area contributed by atoms with Crippen LogP contribution >= 0.6 is 0 Å². The summed E-state index contributed by atoms with van der Waals surface area (Å²) in [7, 11) is 0. The fraction of sp³-hybridized carbons (Fsp3) is 0.643. The number of anilines is 1. The number of halogens is 4. The number of rotatable bonds is 4. The largest absolute Gasteiger partial charge is 0.394 e. The first-order valence-electron chi connectivity index (χ1n) is 13.5. The Morgan fingerprint density at radius 3 is 2.36 bits per heavy atom. The van der Waals surface area contributed by atoms with Gasteiger partial charge in [-0.15, -0.1) is 0 Å². The van der Waals surface area contributed by atoms with Crippen LogP contribution in [0.3, 0.4) is 0 Å². The molecular weight excluding hydrogens is 518 g/mol. The van der Waals surface area contributed by atoms with Gasteiger partial charge in [-0.05, 0) is 80.5 Å². The lowest BCUT2D eigenvalue weighted by molar-refractivity contribution is -0.137. The van der Waals surface area contributed by atoms with Gasteiger partial charge in [0.1, 0.15) is 17.0 Å². The molecule has 6 atom stereocenters. The molecule has 0 unspecified atom stereocenters. The van der Waals surface area contributed by atoms with Gasteiger partial charge in [-0.1, -0.05) is 19.0 Å². The maximum atomic E-state index is 14.0. The van der Waals surface area contributed by atoms with Crippen molar-refractivity contribution in [2.45, 2.75) is 71.6 Å². The van der Waals surface area contributed by atoms with Crippen LogP contribution in [0.2, 0.25) is 0 Å². The van der Waals surface area contributed by atoms with Crippen molar-refractivity contribution >= 4 is 29.0 Å². The molecule has 0 heterocycles. The third-order valence-electron chi connectivity index (χ3n) is 10.4. The molecule has 0 aliphatic heterocycles. The number of carbonyl (C=O) groups is 3. The van der Waals surface area contributed by atoms with Crippen LogP contribution in [0.25, 0.3) is 0 Å². The summed E-state index contributed by atoms with van der Waals surface area (Å²) < 4.78 is 55.2. The lowest BCUT2D eigenvalue weighted by Gasteiger charge is -2.59. The fourth-order valence-corrected chi connectivity index (χ4v) is 8.17. The second-order valence-corrected chi connectivity index (χ2v) is 12.1. The number of nitrogens with one attached hydrogen (secondary N) is 1. The number of nitrogen functional groups attached to an aromatic ring is 1. The minimum Gasteiger partial charge on any atom is -0.394 e. The Balaban J connectivity index is 1.17. The van der Waals surface area contributed by atoms with E-state index in [0.717, 1.165) is 50.7 Å². The number of hydrogen-bond acceptors (Lipinski definition) is 6. The van der Waals surface area contributed by atoms with Gasteiger partial charge in [-0.2, -0.15) is 0 Å². The lowest BCUT2D eigenvalue weighted by Crippen LogP contribution is -2.53. The van der Waals surface area contributed by atoms with Crippen molar-refractivity contribution < 1.29 is 36.8 Å². The van der Waals surface area contributed by atoms with E-state index in [4.69, 9.17) is 10.6 Å². The van der Waals surface area contributed by atoms with Gasteiger partial charge in [-0.3, -0.25) is 19.7 Å². The van der Waals surface area contributed by atoms with Crippen LogP contribution in [0.1, 0.15) is 82.0 Å². The Bertz CT molecular complexity index is 1240. The Morgan fingerprint density at radius 2 is 1.67 bits per heavy atom. The van der Waals surface area contributed by atoms with Gasteiger partial charge >= 0.3 is 0 Å². The minimum absolute atomic E-state index is 0.149. The third-order valence-corrected chi connectivity index (χ3v) is 10.4. The molecule has 0 bridgehead atoms. The summed E-state index contributed by atoms with van der Waals surface area (Å²) in [5.41, 5.74) is 2.72. The Hall–Kier alpha value is -2.98. The van der Waals surface area contributed by atoms with Crippen molar-refractivity contribution in [1.29, 1.82) is 0 Å². The smallest absolute Gasteiger partial charge is 0.267 e. The second-order valence-electron chi connectivity index (χ2n) is 12.1. The molecule has 4 saturated carbocycles. The van der Waals surface area contributed by atoms with Crippen molar-refractivity contribution in [3.8, 4) is 0 Å². The maximum absolute atomic E-state index is 14.0. The van der Waals surface area contributed by atoms with Crippen molar-refractivity contribution in [2.24, 2.45) is 39.7 Å². The molecule has 4 aliphatic rings. The van der Waals surface area contributed by atoms with E-state index >= 15 is 0 Å². The zero-order valence-electron chi connectivity index (χ0n) is 22.0. The first-order valence-corrected chi connectivity index (χ1v) is 13.5. The van der Waals surface area contributed by atoms with Crippen LogP contribution in [0, 0.1) is 57.8 Å². The molecule has 0 spiro atoms. The number of hydrogen-bond donors (Lipinski definition) is 2. The average Bonchev–Trinajstić information content (AvgIpc) is 3.20. The first kappa shape index (κ1) is 27.6. The summed E-state index contributed by atoms with van der Waals surface area (Å²) in [5.74, 6) is -8.13. The van der Waals surface area contributed by atoms with Crippen LogP contribution in [-0.2, 0) is 14.4 Å². The summed E-state index contributed by atoms with van der Waals surface area (Å²) in [4.78, 5) is 41.9. The molecule has 3 N–H and O–H groups in total. The third kappa shape index (κ3) is 4.41. The number of oxime groups is 1. The SMILES string of the molecule is C[C@]12CC/C(=N\OCC(=O)NC(=O)c3c(F)c(F)c(N)c(F)c3F)C[C@@H]1CC[C@@H]1[C@@H]2CC[C@]2(C)C(=O)CC[C@@H]12. The predicted molar refractivity (Wildman–Crippen MR) is 133 cm³/mol. The average molecular weight is 552 g/mol. The van der Waals surface area contributed by atoms with E-state index in [1.807, 2.05) is 0 Å². The molecule has 11 heteroatoms. The zero-order chi connectivity index (χ0) is 28.3. The van der Waals surface area contributed by atoms with Gasteiger partial charge in [0.2, 0.25) is 0 Å². The quantitative estimate of drug-likeness (QED) is 0.235. The fourth-order valence-electron chi connectivity index (χ4n) is 8.17. The van der Waals surface area contributed by atoms with E-state index in [1.54, 1.807) is 5.32 Å². The van der Waals surface area contributed by atoms with Crippen LogP contribution < -0.4 is 11.1 Å². The minimum atomic E-state index is -2.00. The van der Waals surface area contributed by atoms with Gasteiger partial charge in [-0.25, -0.2) is 17.6 Å². The number of ketones is 1. The second kappa shape index (κ2) is 9.89. The van der Waals surface area contributed by atoms with Gasteiger partial charge < -0.3 is 10.6 Å². The highest BCUT2D eigenvalue weighted by Crippen LogP contribution is 2.65.